The first-order valence-electron chi connectivity index (χ1n) is 7.87. The first-order chi connectivity index (χ1) is 12.8. The van der Waals surface area contributed by atoms with Crippen molar-refractivity contribution >= 4 is 45.0 Å². The molecule has 3 rings (SSSR count). The number of ether oxygens (including phenoxy) is 1. The molecule has 10 heteroatoms. The van der Waals surface area contributed by atoms with Crippen LogP contribution >= 0.6 is 11.6 Å². The van der Waals surface area contributed by atoms with Crippen LogP contribution in [0.3, 0.4) is 0 Å². The van der Waals surface area contributed by atoms with Gasteiger partial charge in [0.1, 0.15) is 12.6 Å². The van der Waals surface area contributed by atoms with Crippen LogP contribution in [0.4, 0.5) is 16.2 Å². The number of primary sulfonamides is 1. The topological polar surface area (TPSA) is 119 Å². The summed E-state index contributed by atoms with van der Waals surface area (Å²) < 4.78 is 28.3. The molecule has 2 amide bonds. The van der Waals surface area contributed by atoms with Gasteiger partial charge in [0.05, 0.1) is 22.2 Å². The van der Waals surface area contributed by atoms with Crippen LogP contribution in [0.25, 0.3) is 0 Å². The van der Waals surface area contributed by atoms with Crippen molar-refractivity contribution in [2.45, 2.75) is 10.9 Å². The molecule has 1 heterocycles. The number of sulfonamides is 1. The zero-order valence-electron chi connectivity index (χ0n) is 14.0. The molecule has 1 unspecified atom stereocenters. The van der Waals surface area contributed by atoms with E-state index in [1.165, 1.54) is 23.1 Å². The third-order valence-corrected chi connectivity index (χ3v) is 5.00. The lowest BCUT2D eigenvalue weighted by Crippen LogP contribution is -2.45. The summed E-state index contributed by atoms with van der Waals surface area (Å²) in [5.41, 5.74) is 0.996. The summed E-state index contributed by atoms with van der Waals surface area (Å²) in [5, 5.41) is 7.77. The van der Waals surface area contributed by atoms with Crippen molar-refractivity contribution in [2.75, 3.05) is 22.7 Å². The van der Waals surface area contributed by atoms with Crippen molar-refractivity contribution in [1.82, 2.24) is 0 Å². The van der Waals surface area contributed by atoms with E-state index in [0.717, 1.165) is 0 Å². The van der Waals surface area contributed by atoms with E-state index in [2.05, 4.69) is 5.32 Å². The minimum absolute atomic E-state index is 0.0371. The minimum atomic E-state index is -3.97. The lowest BCUT2D eigenvalue weighted by molar-refractivity contribution is -0.117. The van der Waals surface area contributed by atoms with Gasteiger partial charge < -0.3 is 10.1 Å². The smallest absolute Gasteiger partial charge is 0.415 e. The molecular weight excluding hydrogens is 394 g/mol. The number of halogens is 1. The Labute approximate surface area is 160 Å². The number of carbonyl (C=O) groups is 2. The van der Waals surface area contributed by atoms with Gasteiger partial charge >= 0.3 is 6.09 Å². The number of nitrogens with one attached hydrogen (secondary N) is 1. The van der Waals surface area contributed by atoms with Crippen LogP contribution in [-0.2, 0) is 19.6 Å². The number of anilines is 2. The molecule has 1 aliphatic heterocycles. The summed E-state index contributed by atoms with van der Waals surface area (Å²) in [6.07, 6.45) is -0.774. The summed E-state index contributed by atoms with van der Waals surface area (Å²) in [6, 6.07) is 11.5. The molecule has 8 nitrogen and oxygen atoms in total. The second-order valence-corrected chi connectivity index (χ2v) is 7.64. The molecule has 2 aromatic rings. The molecule has 0 fully saturated rings. The summed E-state index contributed by atoms with van der Waals surface area (Å²) in [7, 11) is -3.97. The van der Waals surface area contributed by atoms with Crippen molar-refractivity contribution in [1.29, 1.82) is 0 Å². The van der Waals surface area contributed by atoms with Gasteiger partial charge in [-0.05, 0) is 23.8 Å². The third-order valence-electron chi connectivity index (χ3n) is 3.94. The molecule has 0 spiro atoms. The van der Waals surface area contributed by atoms with Crippen molar-refractivity contribution in [2.24, 2.45) is 5.14 Å². The Hall–Kier alpha value is -2.62. The van der Waals surface area contributed by atoms with E-state index in [0.29, 0.717) is 5.56 Å². The molecule has 0 radical (unpaired) electrons. The monoisotopic (exact) mass is 409 g/mol. The highest BCUT2D eigenvalue weighted by atomic mass is 35.5. The predicted octanol–water partition coefficient (Wildman–Crippen LogP) is 2.21. The Morgan fingerprint density at radius 1 is 1.22 bits per heavy atom. The molecule has 142 valence electrons. The van der Waals surface area contributed by atoms with E-state index < -0.39 is 28.1 Å². The van der Waals surface area contributed by atoms with Gasteiger partial charge in [-0.15, -0.1) is 11.6 Å². The molecule has 0 saturated carbocycles. The van der Waals surface area contributed by atoms with Crippen LogP contribution < -0.4 is 15.4 Å². The molecule has 0 saturated heterocycles. The van der Waals surface area contributed by atoms with Crippen LogP contribution in [0, 0.1) is 0 Å². The second kappa shape index (κ2) is 7.55. The van der Waals surface area contributed by atoms with E-state index in [1.54, 1.807) is 30.3 Å². The molecule has 0 aromatic heterocycles. The van der Waals surface area contributed by atoms with Crippen LogP contribution in [-0.4, -0.2) is 32.9 Å². The van der Waals surface area contributed by atoms with Crippen LogP contribution in [0.1, 0.15) is 11.6 Å². The maximum atomic E-state index is 12.7. The highest BCUT2D eigenvalue weighted by molar-refractivity contribution is 7.89. The predicted molar refractivity (Wildman–Crippen MR) is 100 cm³/mol. The Balaban J connectivity index is 2.12. The lowest BCUT2D eigenvalue weighted by Gasteiger charge is -2.36. The van der Waals surface area contributed by atoms with Crippen molar-refractivity contribution in [3.05, 3.63) is 54.1 Å². The van der Waals surface area contributed by atoms with Crippen LogP contribution in [0.5, 0.6) is 0 Å². The molecule has 0 bridgehead atoms. The van der Waals surface area contributed by atoms with Crippen molar-refractivity contribution in [3.8, 4) is 0 Å². The fourth-order valence-corrected chi connectivity index (χ4v) is 3.41. The minimum Gasteiger partial charge on any atom is -0.448 e. The summed E-state index contributed by atoms with van der Waals surface area (Å²) >= 11 is 5.58. The van der Waals surface area contributed by atoms with E-state index in [4.69, 9.17) is 21.5 Å². The van der Waals surface area contributed by atoms with E-state index >= 15 is 0 Å². The number of fused-ring (bicyclic) bond motifs is 1. The number of nitrogens with two attached hydrogens (primary N) is 1. The maximum absolute atomic E-state index is 12.7. The molecule has 27 heavy (non-hydrogen) atoms. The average Bonchev–Trinajstić information content (AvgIpc) is 2.64. The van der Waals surface area contributed by atoms with E-state index in [1.807, 2.05) is 0 Å². The molecule has 0 aliphatic carbocycles. The molecule has 2 aromatic carbocycles. The van der Waals surface area contributed by atoms with Gasteiger partial charge in [0, 0.05) is 0 Å². The number of carbonyl (C=O) groups excluding carboxylic acids is 2. The normalized spacial score (nSPS) is 16.4. The summed E-state index contributed by atoms with van der Waals surface area (Å²) in [5.74, 6) is -0.415. The molecule has 1 aliphatic rings. The number of hydrogen-bond acceptors (Lipinski definition) is 5. The zero-order chi connectivity index (χ0) is 19.6. The quantitative estimate of drug-likeness (QED) is 0.750. The van der Waals surface area contributed by atoms with Gasteiger partial charge in [-0.25, -0.2) is 18.4 Å². The van der Waals surface area contributed by atoms with Gasteiger partial charge in [-0.1, -0.05) is 30.3 Å². The van der Waals surface area contributed by atoms with Gasteiger partial charge in [-0.3, -0.25) is 9.69 Å². The fourth-order valence-electron chi connectivity index (χ4n) is 2.79. The van der Waals surface area contributed by atoms with Crippen molar-refractivity contribution < 1.29 is 22.7 Å². The molecular formula is C17H16ClN3O5S. The molecule has 3 N–H and O–H groups in total. The number of benzene rings is 2. The second-order valence-electron chi connectivity index (χ2n) is 5.70. The van der Waals surface area contributed by atoms with E-state index in [-0.39, 0.29) is 28.8 Å². The number of hydrogen-bond donors (Lipinski definition) is 2. The number of rotatable bonds is 4. The maximum Gasteiger partial charge on any atom is 0.415 e. The SMILES string of the molecule is NS(=O)(=O)c1ccc2c(c1)NC(=O)C(c1ccccc1)N2C(=O)OCCCl. The number of amides is 2. The Bertz CT molecular complexity index is 981. The Kier molecular flexibility index (Phi) is 5.36. The highest BCUT2D eigenvalue weighted by Crippen LogP contribution is 2.39. The Morgan fingerprint density at radius 2 is 1.93 bits per heavy atom. The first-order valence-corrected chi connectivity index (χ1v) is 9.95. The first kappa shape index (κ1) is 19.2. The van der Waals surface area contributed by atoms with Gasteiger partial charge in [0.2, 0.25) is 10.0 Å². The third kappa shape index (κ3) is 3.90. The van der Waals surface area contributed by atoms with Gasteiger partial charge in [0.15, 0.2) is 0 Å². The largest absolute Gasteiger partial charge is 0.448 e. The number of nitrogens with zero attached hydrogens (tertiary/aromatic N) is 1. The van der Waals surface area contributed by atoms with Gasteiger partial charge in [0.25, 0.3) is 5.91 Å². The summed E-state index contributed by atoms with van der Waals surface area (Å²) in [4.78, 5) is 26.4. The molecule has 1 atom stereocenters. The lowest BCUT2D eigenvalue weighted by atomic mass is 10.0. The van der Waals surface area contributed by atoms with Crippen LogP contribution in [0.2, 0.25) is 0 Å². The number of alkyl halides is 1. The van der Waals surface area contributed by atoms with Gasteiger partial charge in [-0.2, -0.15) is 0 Å². The zero-order valence-corrected chi connectivity index (χ0v) is 15.5. The highest BCUT2D eigenvalue weighted by Gasteiger charge is 2.39. The van der Waals surface area contributed by atoms with E-state index in [9.17, 15) is 18.0 Å². The Morgan fingerprint density at radius 3 is 2.56 bits per heavy atom. The van der Waals surface area contributed by atoms with Crippen LogP contribution in [0.15, 0.2) is 53.4 Å². The fraction of sp³-hybridized carbons (Fsp3) is 0.176. The van der Waals surface area contributed by atoms with Crippen molar-refractivity contribution in [3.63, 3.8) is 0 Å². The average molecular weight is 410 g/mol. The summed E-state index contributed by atoms with van der Waals surface area (Å²) in [6.45, 7) is -0.0371. The standard InChI is InChI=1S/C17H16ClN3O5S/c18-8-9-26-17(23)21-14-7-6-12(27(19,24)25)10-13(14)20-16(22)15(21)11-4-2-1-3-5-11/h1-7,10,15H,8-9H2,(H,20,22)(H2,19,24,25).